The van der Waals surface area contributed by atoms with E-state index in [-0.39, 0.29) is 5.91 Å². The quantitative estimate of drug-likeness (QED) is 0.336. The van der Waals surface area contributed by atoms with Crippen molar-refractivity contribution < 1.29 is 14.7 Å². The van der Waals surface area contributed by atoms with Gasteiger partial charge in [0.25, 0.3) is 5.91 Å². The molecule has 0 saturated heterocycles. The third-order valence-corrected chi connectivity index (χ3v) is 9.66. The highest BCUT2D eigenvalue weighted by atomic mass is 32.1. The number of carbonyl (C=O) groups excluding carboxylic acids is 1. The van der Waals surface area contributed by atoms with Crippen LogP contribution in [-0.2, 0) is 0 Å². The summed E-state index contributed by atoms with van der Waals surface area (Å²) in [7, 11) is 0. The molecule has 2 aromatic heterocycles. The van der Waals surface area contributed by atoms with Crippen LogP contribution in [0.25, 0.3) is 16.0 Å². The molecule has 5 rings (SSSR count). The fourth-order valence-electron chi connectivity index (χ4n) is 5.56. The molecule has 0 radical (unpaired) electrons. The normalized spacial score (nSPS) is 20.7. The molecule has 1 saturated carbocycles. The molecular formula is C29H33N3O3S2. The molecule has 1 aliphatic carbocycles. The first kappa shape index (κ1) is 25.8. The van der Waals surface area contributed by atoms with Crippen LogP contribution >= 0.6 is 22.7 Å². The minimum absolute atomic E-state index is 0.232. The van der Waals surface area contributed by atoms with Crippen molar-refractivity contribution >= 4 is 45.8 Å². The number of rotatable bonds is 7. The first-order valence-electron chi connectivity index (χ1n) is 13.1. The van der Waals surface area contributed by atoms with Crippen LogP contribution in [0.4, 0.5) is 5.69 Å². The van der Waals surface area contributed by atoms with Crippen molar-refractivity contribution in [3.8, 4) is 10.4 Å². The minimum atomic E-state index is -0.861. The Balaban J connectivity index is 1.45. The van der Waals surface area contributed by atoms with Crippen LogP contribution in [0.2, 0.25) is 0 Å². The third kappa shape index (κ3) is 5.71. The predicted molar refractivity (Wildman–Crippen MR) is 152 cm³/mol. The Kier molecular flexibility index (Phi) is 7.88. The van der Waals surface area contributed by atoms with Crippen LogP contribution in [0.15, 0.2) is 47.5 Å². The molecule has 8 heteroatoms. The van der Waals surface area contributed by atoms with Crippen molar-refractivity contribution in [3.63, 3.8) is 0 Å². The number of thiazole rings is 1. The minimum Gasteiger partial charge on any atom is -0.477 e. The molecular weight excluding hydrogens is 502 g/mol. The highest BCUT2D eigenvalue weighted by Gasteiger charge is 2.30. The maximum Gasteiger partial charge on any atom is 0.346 e. The lowest BCUT2D eigenvalue weighted by atomic mass is 9.75. The second-order valence-corrected chi connectivity index (χ2v) is 12.1. The van der Waals surface area contributed by atoms with E-state index in [0.717, 1.165) is 48.0 Å². The van der Waals surface area contributed by atoms with E-state index in [1.807, 2.05) is 24.3 Å². The molecule has 1 aromatic carbocycles. The molecule has 0 spiro atoms. The van der Waals surface area contributed by atoms with Crippen molar-refractivity contribution in [3.05, 3.63) is 62.9 Å². The number of amides is 1. The van der Waals surface area contributed by atoms with Gasteiger partial charge in [0.2, 0.25) is 0 Å². The summed E-state index contributed by atoms with van der Waals surface area (Å²) in [5, 5.41) is 15.2. The summed E-state index contributed by atoms with van der Waals surface area (Å²) >= 11 is 2.64. The van der Waals surface area contributed by atoms with Gasteiger partial charge in [-0.05, 0) is 72.6 Å². The molecule has 2 aliphatic rings. The van der Waals surface area contributed by atoms with Gasteiger partial charge in [-0.1, -0.05) is 38.8 Å². The van der Waals surface area contributed by atoms with Crippen LogP contribution < -0.4 is 5.32 Å². The van der Waals surface area contributed by atoms with Gasteiger partial charge in [-0.3, -0.25) is 9.69 Å². The molecule has 194 valence electrons. The van der Waals surface area contributed by atoms with Gasteiger partial charge in [-0.2, -0.15) is 0 Å². The Bertz CT molecular complexity index is 1290. The van der Waals surface area contributed by atoms with E-state index < -0.39 is 5.97 Å². The number of hydrogen-bond acceptors (Lipinski definition) is 6. The number of carboxylic acid groups (broad SMARTS) is 1. The van der Waals surface area contributed by atoms with E-state index in [1.54, 1.807) is 11.6 Å². The lowest BCUT2D eigenvalue weighted by molar-refractivity contribution is 0.0701. The van der Waals surface area contributed by atoms with Crippen LogP contribution in [-0.4, -0.2) is 46.5 Å². The Hall–Kier alpha value is -2.81. The fourth-order valence-corrected chi connectivity index (χ4v) is 7.12. The first-order chi connectivity index (χ1) is 17.9. The van der Waals surface area contributed by atoms with Crippen molar-refractivity contribution in [1.29, 1.82) is 0 Å². The summed E-state index contributed by atoms with van der Waals surface area (Å²) in [6.07, 6.45) is 7.40. The predicted octanol–water partition coefficient (Wildman–Crippen LogP) is 7.13. The van der Waals surface area contributed by atoms with E-state index >= 15 is 0 Å². The summed E-state index contributed by atoms with van der Waals surface area (Å²) in [6.45, 7) is 7.49. The van der Waals surface area contributed by atoms with Crippen LogP contribution in [0.3, 0.4) is 0 Å². The number of benzene rings is 1. The average Bonchev–Trinajstić information content (AvgIpc) is 3.60. The number of hydrogen-bond donors (Lipinski definition) is 2. The van der Waals surface area contributed by atoms with Gasteiger partial charge < -0.3 is 10.4 Å². The van der Waals surface area contributed by atoms with Crippen molar-refractivity contribution in [2.45, 2.75) is 46.0 Å². The molecule has 0 unspecified atom stereocenters. The number of nitrogens with one attached hydrogen (secondary N) is 1. The highest BCUT2D eigenvalue weighted by Crippen LogP contribution is 2.43. The summed E-state index contributed by atoms with van der Waals surface area (Å²) in [6, 6.07) is 9.68. The maximum atomic E-state index is 12.4. The van der Waals surface area contributed by atoms with Crippen LogP contribution in [0, 0.1) is 11.8 Å². The molecule has 3 heterocycles. The number of carbonyl (C=O) groups is 2. The zero-order valence-electron chi connectivity index (χ0n) is 21.3. The Morgan fingerprint density at radius 2 is 1.92 bits per heavy atom. The molecule has 37 heavy (non-hydrogen) atoms. The number of nitrogens with zero attached hydrogens (tertiary/aromatic N) is 2. The second-order valence-electron chi connectivity index (χ2n) is 10.1. The highest BCUT2D eigenvalue weighted by molar-refractivity contribution is 7.17. The van der Waals surface area contributed by atoms with E-state index in [9.17, 15) is 14.7 Å². The summed E-state index contributed by atoms with van der Waals surface area (Å²) in [5.41, 5.74) is 5.26. The third-order valence-electron chi connectivity index (χ3n) is 7.72. The Morgan fingerprint density at radius 3 is 2.57 bits per heavy atom. The Morgan fingerprint density at radius 1 is 1.16 bits per heavy atom. The zero-order chi connectivity index (χ0) is 25.9. The van der Waals surface area contributed by atoms with Crippen molar-refractivity contribution in [2.75, 3.05) is 25.0 Å². The number of anilines is 1. The molecule has 1 fully saturated rings. The van der Waals surface area contributed by atoms with Gasteiger partial charge in [0.15, 0.2) is 5.01 Å². The molecule has 6 nitrogen and oxygen atoms in total. The number of likely N-dealkylation sites (N-methyl/N-ethyl adjacent to an activating group) is 1. The molecule has 1 amide bonds. The average molecular weight is 536 g/mol. The smallest absolute Gasteiger partial charge is 0.346 e. The van der Waals surface area contributed by atoms with Gasteiger partial charge in [0.05, 0.1) is 0 Å². The number of carboxylic acids is 1. The molecule has 0 bridgehead atoms. The van der Waals surface area contributed by atoms with Crippen molar-refractivity contribution in [2.24, 2.45) is 11.8 Å². The zero-order valence-corrected chi connectivity index (χ0v) is 23.0. The van der Waals surface area contributed by atoms with E-state index in [1.165, 1.54) is 59.5 Å². The SMILES string of the molecule is CCN1CCC(c2cc(-c3ccc(NC(=O)c4nccs4)cc3)sc2C(=O)O)=C(C2CCC(C)CC2)C1. The molecule has 3 aromatic rings. The number of aromatic carboxylic acids is 1. The lowest BCUT2D eigenvalue weighted by Gasteiger charge is -2.36. The lowest BCUT2D eigenvalue weighted by Crippen LogP contribution is -2.34. The second kappa shape index (κ2) is 11.3. The molecule has 2 N–H and O–H groups in total. The van der Waals surface area contributed by atoms with E-state index in [4.69, 9.17) is 0 Å². The van der Waals surface area contributed by atoms with E-state index in [0.29, 0.717) is 21.5 Å². The Labute approximate surface area is 226 Å². The summed E-state index contributed by atoms with van der Waals surface area (Å²) in [4.78, 5) is 32.6. The standard InChI is InChI=1S/C29H33N3O3S2/c1-3-32-14-12-22(24(17-32)19-6-4-18(2)5-7-19)23-16-25(37-26(23)29(34)35)20-8-10-21(11-9-20)31-27(33)28-30-13-15-36-28/h8-11,13,15-16,18-19H,3-7,12,14,17H2,1-2H3,(H,31,33)(H,34,35). The van der Waals surface area contributed by atoms with Gasteiger partial charge >= 0.3 is 5.97 Å². The molecule has 0 atom stereocenters. The fraction of sp³-hybridized carbons (Fsp3) is 0.414. The van der Waals surface area contributed by atoms with Crippen LogP contribution in [0.5, 0.6) is 0 Å². The van der Waals surface area contributed by atoms with Crippen molar-refractivity contribution in [1.82, 2.24) is 9.88 Å². The topological polar surface area (TPSA) is 82.5 Å². The number of thiophene rings is 1. The largest absolute Gasteiger partial charge is 0.477 e. The van der Waals surface area contributed by atoms with Crippen LogP contribution in [0.1, 0.15) is 71.0 Å². The molecule has 1 aliphatic heterocycles. The van der Waals surface area contributed by atoms with Gasteiger partial charge in [0, 0.05) is 40.8 Å². The maximum absolute atomic E-state index is 12.4. The van der Waals surface area contributed by atoms with E-state index in [2.05, 4.69) is 35.1 Å². The summed E-state index contributed by atoms with van der Waals surface area (Å²) < 4.78 is 0. The monoisotopic (exact) mass is 535 g/mol. The van der Waals surface area contributed by atoms with Gasteiger partial charge in [-0.25, -0.2) is 9.78 Å². The number of aromatic nitrogens is 1. The first-order valence-corrected chi connectivity index (χ1v) is 14.8. The summed E-state index contributed by atoms with van der Waals surface area (Å²) in [5.74, 6) is 0.235. The van der Waals surface area contributed by atoms with Gasteiger partial charge in [0.1, 0.15) is 4.88 Å². The van der Waals surface area contributed by atoms with Gasteiger partial charge in [-0.15, -0.1) is 22.7 Å².